The molecule has 13 heavy (non-hydrogen) atoms. The monoisotopic (exact) mass is 184 g/mol. The first-order valence-corrected chi connectivity index (χ1v) is 5.05. The molecule has 0 spiro atoms. The van der Waals surface area contributed by atoms with Crippen LogP contribution in [-0.2, 0) is 4.79 Å². The molecule has 0 aromatic rings. The van der Waals surface area contributed by atoms with E-state index in [2.05, 4.69) is 12.2 Å². The van der Waals surface area contributed by atoms with Crippen LogP contribution in [0, 0.1) is 0 Å². The van der Waals surface area contributed by atoms with Crippen LogP contribution in [0.2, 0.25) is 0 Å². The topological polar surface area (TPSA) is 32.3 Å². The van der Waals surface area contributed by atoms with Gasteiger partial charge in [-0.3, -0.25) is 4.79 Å². The molecule has 0 radical (unpaired) electrons. The van der Waals surface area contributed by atoms with Crippen LogP contribution in [0.4, 0.5) is 0 Å². The SMILES string of the molecule is CCN1C(=O)C(C)(C)NCCC1C. The number of carbonyl (C=O) groups excluding carboxylic acids is 1. The molecule has 1 N–H and O–H groups in total. The first-order valence-electron chi connectivity index (χ1n) is 5.05. The Labute approximate surface area is 80.5 Å². The summed E-state index contributed by atoms with van der Waals surface area (Å²) < 4.78 is 0. The highest BCUT2D eigenvalue weighted by Gasteiger charge is 2.35. The van der Waals surface area contributed by atoms with Crippen molar-refractivity contribution in [2.45, 2.75) is 45.7 Å². The fourth-order valence-corrected chi connectivity index (χ4v) is 1.84. The van der Waals surface area contributed by atoms with E-state index in [1.165, 1.54) is 0 Å². The minimum atomic E-state index is -0.388. The summed E-state index contributed by atoms with van der Waals surface area (Å²) in [4.78, 5) is 13.9. The molecule has 1 unspecified atom stereocenters. The number of amides is 1. The lowest BCUT2D eigenvalue weighted by atomic mass is 10.0. The predicted molar refractivity (Wildman–Crippen MR) is 53.5 cm³/mol. The molecule has 1 aliphatic heterocycles. The van der Waals surface area contributed by atoms with E-state index in [0.717, 1.165) is 19.5 Å². The zero-order valence-corrected chi connectivity index (χ0v) is 9.05. The van der Waals surface area contributed by atoms with Crippen LogP contribution < -0.4 is 5.32 Å². The van der Waals surface area contributed by atoms with E-state index < -0.39 is 0 Å². The molecule has 0 aromatic carbocycles. The maximum Gasteiger partial charge on any atom is 0.242 e. The number of carbonyl (C=O) groups is 1. The summed E-state index contributed by atoms with van der Waals surface area (Å²) in [5.41, 5.74) is -0.388. The summed E-state index contributed by atoms with van der Waals surface area (Å²) in [5.74, 6) is 0.222. The second-order valence-corrected chi connectivity index (χ2v) is 4.28. The summed E-state index contributed by atoms with van der Waals surface area (Å²) in [6, 6.07) is 0.367. The van der Waals surface area contributed by atoms with Crippen LogP contribution >= 0.6 is 0 Å². The molecule has 76 valence electrons. The summed E-state index contributed by atoms with van der Waals surface area (Å²) in [6.45, 7) is 9.80. The van der Waals surface area contributed by atoms with Gasteiger partial charge in [0.1, 0.15) is 0 Å². The lowest BCUT2D eigenvalue weighted by molar-refractivity contribution is -0.137. The van der Waals surface area contributed by atoms with Gasteiger partial charge in [0.2, 0.25) is 5.91 Å². The number of nitrogens with one attached hydrogen (secondary N) is 1. The van der Waals surface area contributed by atoms with Crippen LogP contribution in [0.5, 0.6) is 0 Å². The average molecular weight is 184 g/mol. The highest BCUT2D eigenvalue weighted by Crippen LogP contribution is 2.16. The molecule has 0 saturated carbocycles. The maximum absolute atomic E-state index is 12.0. The van der Waals surface area contributed by atoms with Crippen molar-refractivity contribution in [2.24, 2.45) is 0 Å². The lowest BCUT2D eigenvalue weighted by Crippen LogP contribution is -2.52. The van der Waals surface area contributed by atoms with Crippen molar-refractivity contribution in [2.75, 3.05) is 13.1 Å². The smallest absolute Gasteiger partial charge is 0.242 e. The zero-order chi connectivity index (χ0) is 10.1. The van der Waals surface area contributed by atoms with Crippen LogP contribution in [0.1, 0.15) is 34.1 Å². The molecule has 1 rings (SSSR count). The highest BCUT2D eigenvalue weighted by atomic mass is 16.2. The van der Waals surface area contributed by atoms with Gasteiger partial charge in [0, 0.05) is 12.6 Å². The fraction of sp³-hybridized carbons (Fsp3) is 0.900. The Morgan fingerprint density at radius 3 is 2.77 bits per heavy atom. The average Bonchev–Trinajstić information content (AvgIpc) is 2.12. The molecule has 0 aliphatic carbocycles. The van der Waals surface area contributed by atoms with Gasteiger partial charge in [-0.05, 0) is 40.7 Å². The molecule has 3 nitrogen and oxygen atoms in total. The van der Waals surface area contributed by atoms with Crippen molar-refractivity contribution >= 4 is 5.91 Å². The number of hydrogen-bond acceptors (Lipinski definition) is 2. The maximum atomic E-state index is 12.0. The van der Waals surface area contributed by atoms with Gasteiger partial charge in [-0.15, -0.1) is 0 Å². The molecule has 1 aliphatic rings. The molecule has 0 bridgehead atoms. The van der Waals surface area contributed by atoms with E-state index in [1.807, 2.05) is 25.7 Å². The molecule has 0 aromatic heterocycles. The van der Waals surface area contributed by atoms with Gasteiger partial charge in [0.25, 0.3) is 0 Å². The number of likely N-dealkylation sites (N-methyl/N-ethyl adjacent to an activating group) is 1. The van der Waals surface area contributed by atoms with Gasteiger partial charge in [0.15, 0.2) is 0 Å². The van der Waals surface area contributed by atoms with Crippen molar-refractivity contribution in [1.82, 2.24) is 10.2 Å². The first kappa shape index (κ1) is 10.5. The minimum Gasteiger partial charge on any atom is -0.339 e. The van der Waals surface area contributed by atoms with Gasteiger partial charge < -0.3 is 10.2 Å². The van der Waals surface area contributed by atoms with E-state index in [-0.39, 0.29) is 11.4 Å². The predicted octanol–water partition coefficient (Wildman–Crippen LogP) is 0.995. The van der Waals surface area contributed by atoms with Crippen molar-refractivity contribution in [1.29, 1.82) is 0 Å². The van der Waals surface area contributed by atoms with E-state index in [0.29, 0.717) is 6.04 Å². The van der Waals surface area contributed by atoms with Crippen molar-refractivity contribution in [3.05, 3.63) is 0 Å². The third-order valence-corrected chi connectivity index (χ3v) is 2.80. The van der Waals surface area contributed by atoms with Gasteiger partial charge in [0.05, 0.1) is 5.54 Å². The van der Waals surface area contributed by atoms with Gasteiger partial charge >= 0.3 is 0 Å². The van der Waals surface area contributed by atoms with Crippen LogP contribution in [0.25, 0.3) is 0 Å². The zero-order valence-electron chi connectivity index (χ0n) is 9.05. The Morgan fingerprint density at radius 1 is 1.62 bits per heavy atom. The van der Waals surface area contributed by atoms with Gasteiger partial charge in [-0.2, -0.15) is 0 Å². The Kier molecular flexibility index (Phi) is 2.96. The van der Waals surface area contributed by atoms with Gasteiger partial charge in [-0.1, -0.05) is 0 Å². The van der Waals surface area contributed by atoms with E-state index in [9.17, 15) is 4.79 Å². The summed E-state index contributed by atoms with van der Waals surface area (Å²) in [6.07, 6.45) is 1.04. The molecule has 1 saturated heterocycles. The second-order valence-electron chi connectivity index (χ2n) is 4.28. The molecular formula is C10H20N2O. The molecule has 3 heteroatoms. The Balaban J connectivity index is 2.84. The quantitative estimate of drug-likeness (QED) is 0.659. The Morgan fingerprint density at radius 2 is 2.23 bits per heavy atom. The van der Waals surface area contributed by atoms with Crippen LogP contribution in [0.3, 0.4) is 0 Å². The van der Waals surface area contributed by atoms with Crippen molar-refractivity contribution in [3.8, 4) is 0 Å². The summed E-state index contributed by atoms with van der Waals surface area (Å²) >= 11 is 0. The van der Waals surface area contributed by atoms with Crippen LogP contribution in [-0.4, -0.2) is 35.5 Å². The normalized spacial score (nSPS) is 28.8. The molecule has 1 amide bonds. The number of rotatable bonds is 1. The van der Waals surface area contributed by atoms with E-state index in [1.54, 1.807) is 0 Å². The van der Waals surface area contributed by atoms with Crippen molar-refractivity contribution in [3.63, 3.8) is 0 Å². The third-order valence-electron chi connectivity index (χ3n) is 2.80. The largest absolute Gasteiger partial charge is 0.339 e. The summed E-state index contributed by atoms with van der Waals surface area (Å²) in [7, 11) is 0. The second kappa shape index (κ2) is 3.66. The molecular weight excluding hydrogens is 164 g/mol. The standard InChI is InChI=1S/C10H20N2O/c1-5-12-8(2)6-7-11-10(3,4)9(12)13/h8,11H,5-7H2,1-4H3. The first-order chi connectivity index (χ1) is 5.99. The number of hydrogen-bond donors (Lipinski definition) is 1. The van der Waals surface area contributed by atoms with Gasteiger partial charge in [-0.25, -0.2) is 0 Å². The molecule has 1 heterocycles. The Bertz CT molecular complexity index is 201. The van der Waals surface area contributed by atoms with Crippen molar-refractivity contribution < 1.29 is 4.79 Å². The fourth-order valence-electron chi connectivity index (χ4n) is 1.84. The van der Waals surface area contributed by atoms with E-state index >= 15 is 0 Å². The highest BCUT2D eigenvalue weighted by molar-refractivity contribution is 5.86. The summed E-state index contributed by atoms with van der Waals surface area (Å²) in [5, 5.41) is 3.27. The lowest BCUT2D eigenvalue weighted by Gasteiger charge is -2.31. The Hall–Kier alpha value is -0.570. The minimum absolute atomic E-state index is 0.222. The number of nitrogens with zero attached hydrogens (tertiary/aromatic N) is 1. The molecule has 1 atom stereocenters. The van der Waals surface area contributed by atoms with Crippen LogP contribution in [0.15, 0.2) is 0 Å². The third kappa shape index (κ3) is 2.02. The molecule has 1 fully saturated rings. The van der Waals surface area contributed by atoms with E-state index in [4.69, 9.17) is 0 Å².